The molecular weight excluding hydrogens is 334 g/mol. The van der Waals surface area contributed by atoms with E-state index < -0.39 is 15.8 Å². The number of oxazole rings is 1. The Morgan fingerprint density at radius 1 is 1.21 bits per heavy atom. The molecule has 0 spiro atoms. The summed E-state index contributed by atoms with van der Waals surface area (Å²) in [5.74, 6) is -0.696. The van der Waals surface area contributed by atoms with Gasteiger partial charge in [0.15, 0.2) is 5.58 Å². The third-order valence-electron chi connectivity index (χ3n) is 4.07. The predicted octanol–water partition coefficient (Wildman–Crippen LogP) is 0.610. The van der Waals surface area contributed by atoms with E-state index in [4.69, 9.17) is 4.42 Å². The second-order valence-corrected chi connectivity index (χ2v) is 7.99. The zero-order chi connectivity index (χ0) is 17.5. The lowest BCUT2D eigenvalue weighted by molar-refractivity contribution is -0.135. The number of benzene rings is 1. The number of aromatic nitrogens is 1. The first-order chi connectivity index (χ1) is 11.3. The first-order valence-corrected chi connectivity index (χ1v) is 9.15. The molecule has 1 saturated heterocycles. The van der Waals surface area contributed by atoms with Crippen LogP contribution in [0.4, 0.5) is 0 Å². The van der Waals surface area contributed by atoms with Crippen LogP contribution in [0.25, 0.3) is 11.1 Å². The zero-order valence-electron chi connectivity index (χ0n) is 13.5. The molecule has 0 bridgehead atoms. The minimum Gasteiger partial charge on any atom is -0.408 e. The van der Waals surface area contributed by atoms with Crippen LogP contribution in [0.15, 0.2) is 32.3 Å². The summed E-state index contributed by atoms with van der Waals surface area (Å²) in [6.07, 6.45) is 0. The molecule has 1 fully saturated rings. The van der Waals surface area contributed by atoms with E-state index in [-0.39, 0.29) is 29.8 Å². The first-order valence-electron chi connectivity index (χ1n) is 7.71. The van der Waals surface area contributed by atoms with Crippen LogP contribution >= 0.6 is 0 Å². The van der Waals surface area contributed by atoms with E-state index in [0.717, 1.165) is 0 Å². The SMILES string of the molecule is CC(C)C(=O)N1CCN(S(=O)(=O)c2ccc3oc(=O)[nH]c3c2)CC1. The molecule has 24 heavy (non-hydrogen) atoms. The molecule has 1 aromatic carbocycles. The van der Waals surface area contributed by atoms with Crippen LogP contribution in [0.3, 0.4) is 0 Å². The van der Waals surface area contributed by atoms with Gasteiger partial charge in [0, 0.05) is 32.1 Å². The topological polar surface area (TPSA) is 104 Å². The summed E-state index contributed by atoms with van der Waals surface area (Å²) in [4.78, 5) is 27.4. The van der Waals surface area contributed by atoms with Crippen LogP contribution in [-0.2, 0) is 14.8 Å². The monoisotopic (exact) mass is 353 g/mol. The number of H-pyrrole nitrogens is 1. The highest BCUT2D eigenvalue weighted by Gasteiger charge is 2.31. The van der Waals surface area contributed by atoms with E-state index in [9.17, 15) is 18.0 Å². The Labute approximate surface area is 139 Å². The van der Waals surface area contributed by atoms with Crippen molar-refractivity contribution in [1.82, 2.24) is 14.2 Å². The van der Waals surface area contributed by atoms with E-state index in [0.29, 0.717) is 24.2 Å². The van der Waals surface area contributed by atoms with Crippen molar-refractivity contribution in [3.63, 3.8) is 0 Å². The quantitative estimate of drug-likeness (QED) is 0.871. The summed E-state index contributed by atoms with van der Waals surface area (Å²) < 4.78 is 31.7. The number of nitrogens with zero attached hydrogens (tertiary/aromatic N) is 2. The summed E-state index contributed by atoms with van der Waals surface area (Å²) in [6.45, 7) is 4.91. The Balaban J connectivity index is 1.80. The molecule has 0 saturated carbocycles. The Bertz CT molecular complexity index is 920. The zero-order valence-corrected chi connectivity index (χ0v) is 14.3. The molecule has 130 valence electrons. The normalized spacial score (nSPS) is 16.9. The summed E-state index contributed by atoms with van der Waals surface area (Å²) in [6, 6.07) is 4.26. The van der Waals surface area contributed by atoms with E-state index in [2.05, 4.69) is 4.98 Å². The van der Waals surface area contributed by atoms with Crippen molar-refractivity contribution in [1.29, 1.82) is 0 Å². The van der Waals surface area contributed by atoms with Crippen LogP contribution < -0.4 is 5.76 Å². The van der Waals surface area contributed by atoms with Crippen molar-refractivity contribution in [2.24, 2.45) is 5.92 Å². The fourth-order valence-electron chi connectivity index (χ4n) is 2.75. The average molecular weight is 353 g/mol. The highest BCUT2D eigenvalue weighted by molar-refractivity contribution is 7.89. The number of aromatic amines is 1. The molecule has 3 rings (SSSR count). The molecule has 2 aromatic rings. The molecule has 0 radical (unpaired) electrons. The summed E-state index contributed by atoms with van der Waals surface area (Å²) in [7, 11) is -3.68. The molecule has 1 aliphatic rings. The first kappa shape index (κ1) is 16.7. The minimum absolute atomic E-state index is 0.0319. The fourth-order valence-corrected chi connectivity index (χ4v) is 4.20. The number of carbonyl (C=O) groups is 1. The Morgan fingerprint density at radius 3 is 2.50 bits per heavy atom. The van der Waals surface area contributed by atoms with E-state index in [1.165, 1.54) is 22.5 Å². The molecule has 1 aliphatic heterocycles. The molecule has 2 heterocycles. The number of amides is 1. The largest absolute Gasteiger partial charge is 0.417 e. The van der Waals surface area contributed by atoms with Gasteiger partial charge in [0.05, 0.1) is 10.4 Å². The van der Waals surface area contributed by atoms with Crippen molar-refractivity contribution in [3.8, 4) is 0 Å². The van der Waals surface area contributed by atoms with Gasteiger partial charge in [-0.25, -0.2) is 13.2 Å². The van der Waals surface area contributed by atoms with Gasteiger partial charge >= 0.3 is 5.76 Å². The number of sulfonamides is 1. The average Bonchev–Trinajstić information content (AvgIpc) is 2.93. The molecule has 8 nitrogen and oxygen atoms in total. The van der Waals surface area contributed by atoms with Crippen LogP contribution in [-0.4, -0.2) is 54.7 Å². The van der Waals surface area contributed by atoms with Gasteiger partial charge in [-0.05, 0) is 18.2 Å². The fraction of sp³-hybridized carbons (Fsp3) is 0.467. The number of fused-ring (bicyclic) bond motifs is 1. The molecule has 1 aromatic heterocycles. The Hall–Kier alpha value is -2.13. The second-order valence-electron chi connectivity index (χ2n) is 6.06. The number of hydrogen-bond donors (Lipinski definition) is 1. The molecule has 9 heteroatoms. The molecular formula is C15H19N3O5S. The maximum Gasteiger partial charge on any atom is 0.417 e. The second kappa shape index (κ2) is 6.06. The van der Waals surface area contributed by atoms with Gasteiger partial charge in [-0.1, -0.05) is 13.8 Å². The van der Waals surface area contributed by atoms with Crippen LogP contribution in [0.1, 0.15) is 13.8 Å². The van der Waals surface area contributed by atoms with Crippen molar-refractivity contribution in [2.75, 3.05) is 26.2 Å². The number of piperazine rings is 1. The van der Waals surface area contributed by atoms with Gasteiger partial charge in [0.1, 0.15) is 0 Å². The molecule has 1 N–H and O–H groups in total. The highest BCUT2D eigenvalue weighted by atomic mass is 32.2. The van der Waals surface area contributed by atoms with E-state index in [1.807, 2.05) is 13.8 Å². The standard InChI is InChI=1S/C15H19N3O5S/c1-10(2)14(19)17-5-7-18(8-6-17)24(21,22)11-3-4-13-12(9-11)16-15(20)23-13/h3-4,9-10H,5-8H2,1-2H3,(H,16,20). The number of hydrogen-bond acceptors (Lipinski definition) is 5. The lowest BCUT2D eigenvalue weighted by atomic mass is 10.2. The predicted molar refractivity (Wildman–Crippen MR) is 87.0 cm³/mol. The highest BCUT2D eigenvalue weighted by Crippen LogP contribution is 2.21. The smallest absolute Gasteiger partial charge is 0.408 e. The van der Waals surface area contributed by atoms with Crippen molar-refractivity contribution in [3.05, 3.63) is 28.7 Å². The molecule has 0 atom stereocenters. The van der Waals surface area contributed by atoms with Gasteiger partial charge < -0.3 is 9.32 Å². The molecule has 0 aliphatic carbocycles. The van der Waals surface area contributed by atoms with E-state index in [1.54, 1.807) is 4.90 Å². The minimum atomic E-state index is -3.68. The van der Waals surface area contributed by atoms with Crippen molar-refractivity contribution in [2.45, 2.75) is 18.7 Å². The Kier molecular flexibility index (Phi) is 4.22. The lowest BCUT2D eigenvalue weighted by Crippen LogP contribution is -2.51. The van der Waals surface area contributed by atoms with Gasteiger partial charge in [0.25, 0.3) is 0 Å². The Morgan fingerprint density at radius 2 is 1.88 bits per heavy atom. The van der Waals surface area contributed by atoms with Crippen LogP contribution in [0.5, 0.6) is 0 Å². The summed E-state index contributed by atoms with van der Waals surface area (Å²) >= 11 is 0. The molecule has 1 amide bonds. The molecule has 0 unspecified atom stereocenters. The van der Waals surface area contributed by atoms with E-state index >= 15 is 0 Å². The maximum absolute atomic E-state index is 12.7. The third kappa shape index (κ3) is 2.96. The number of rotatable bonds is 3. The van der Waals surface area contributed by atoms with Crippen LogP contribution in [0.2, 0.25) is 0 Å². The van der Waals surface area contributed by atoms with Gasteiger partial charge in [0.2, 0.25) is 15.9 Å². The van der Waals surface area contributed by atoms with Crippen LogP contribution in [0, 0.1) is 5.92 Å². The van der Waals surface area contributed by atoms with Crippen molar-refractivity contribution < 1.29 is 17.6 Å². The van der Waals surface area contributed by atoms with Gasteiger partial charge in [-0.3, -0.25) is 9.78 Å². The van der Waals surface area contributed by atoms with Crippen molar-refractivity contribution >= 4 is 27.0 Å². The lowest BCUT2D eigenvalue weighted by Gasteiger charge is -2.34. The number of carbonyl (C=O) groups excluding carboxylic acids is 1. The third-order valence-corrected chi connectivity index (χ3v) is 5.97. The number of nitrogens with one attached hydrogen (secondary N) is 1. The van der Waals surface area contributed by atoms with Gasteiger partial charge in [-0.15, -0.1) is 0 Å². The van der Waals surface area contributed by atoms with Gasteiger partial charge in [-0.2, -0.15) is 4.31 Å². The maximum atomic E-state index is 12.7. The summed E-state index contributed by atoms with van der Waals surface area (Å²) in [5.41, 5.74) is 0.654. The summed E-state index contributed by atoms with van der Waals surface area (Å²) in [5, 5.41) is 0.